The average Bonchev–Trinajstić information content (AvgIpc) is 2.38. The summed E-state index contributed by atoms with van der Waals surface area (Å²) in [5.74, 6) is 1.31. The average molecular weight is 216 g/mol. The number of aromatic nitrogens is 2. The van der Waals surface area contributed by atoms with Crippen molar-refractivity contribution in [2.24, 2.45) is 0 Å². The zero-order valence-electron chi connectivity index (χ0n) is 9.18. The molecule has 0 aliphatic carbocycles. The molecule has 2 aromatic rings. The normalized spacial score (nSPS) is 9.88. The predicted octanol–water partition coefficient (Wildman–Crippen LogP) is 2.16. The van der Waals surface area contributed by atoms with Crippen LogP contribution in [0.4, 0.5) is 0 Å². The van der Waals surface area contributed by atoms with Crippen LogP contribution in [0.1, 0.15) is 0 Å². The largest absolute Gasteiger partial charge is 0.496 e. The van der Waals surface area contributed by atoms with E-state index in [1.807, 2.05) is 18.2 Å². The quantitative estimate of drug-likeness (QED) is 0.788. The summed E-state index contributed by atoms with van der Waals surface area (Å²) in [6, 6.07) is 5.58. The number of hydrogen-bond donors (Lipinski definition) is 0. The van der Waals surface area contributed by atoms with Gasteiger partial charge in [0.1, 0.15) is 5.75 Å². The summed E-state index contributed by atoms with van der Waals surface area (Å²) in [7, 11) is 3.22. The molecule has 0 amide bonds. The van der Waals surface area contributed by atoms with Gasteiger partial charge in [-0.25, -0.2) is 4.98 Å². The first-order valence-corrected chi connectivity index (χ1v) is 4.84. The van der Waals surface area contributed by atoms with Crippen LogP contribution in [0, 0.1) is 0 Å². The van der Waals surface area contributed by atoms with Gasteiger partial charge in [0.2, 0.25) is 5.88 Å². The summed E-state index contributed by atoms with van der Waals surface area (Å²) < 4.78 is 10.5. The van der Waals surface area contributed by atoms with Crippen LogP contribution >= 0.6 is 0 Å². The smallest absolute Gasteiger partial charge is 0.221 e. The first kappa shape index (κ1) is 10.4. The van der Waals surface area contributed by atoms with Crippen LogP contribution in [0.25, 0.3) is 11.1 Å². The van der Waals surface area contributed by atoms with Crippen molar-refractivity contribution in [3.63, 3.8) is 0 Å². The maximum absolute atomic E-state index is 5.28. The number of hydrogen-bond acceptors (Lipinski definition) is 4. The number of pyridine rings is 2. The van der Waals surface area contributed by atoms with Crippen LogP contribution in [0.5, 0.6) is 11.6 Å². The molecular weight excluding hydrogens is 204 g/mol. The van der Waals surface area contributed by atoms with Gasteiger partial charge in [-0.3, -0.25) is 4.98 Å². The van der Waals surface area contributed by atoms with E-state index < -0.39 is 0 Å². The van der Waals surface area contributed by atoms with Crippen molar-refractivity contribution in [3.05, 3.63) is 36.8 Å². The molecule has 4 nitrogen and oxygen atoms in total. The van der Waals surface area contributed by atoms with E-state index in [1.54, 1.807) is 32.8 Å². The van der Waals surface area contributed by atoms with Crippen LogP contribution in [-0.4, -0.2) is 24.2 Å². The van der Waals surface area contributed by atoms with Gasteiger partial charge in [0.25, 0.3) is 0 Å². The van der Waals surface area contributed by atoms with E-state index >= 15 is 0 Å². The van der Waals surface area contributed by atoms with E-state index in [9.17, 15) is 0 Å². The molecule has 82 valence electrons. The van der Waals surface area contributed by atoms with Crippen molar-refractivity contribution in [1.82, 2.24) is 9.97 Å². The first-order valence-electron chi connectivity index (χ1n) is 4.84. The van der Waals surface area contributed by atoms with Crippen molar-refractivity contribution in [1.29, 1.82) is 0 Å². The SMILES string of the molecule is COc1ccncc1-c1cccnc1OC. The van der Waals surface area contributed by atoms with Gasteiger partial charge >= 0.3 is 0 Å². The lowest BCUT2D eigenvalue weighted by molar-refractivity contribution is 0.397. The predicted molar refractivity (Wildman–Crippen MR) is 60.6 cm³/mol. The number of methoxy groups -OCH3 is 2. The molecule has 0 saturated heterocycles. The Bertz CT molecular complexity index is 440. The highest BCUT2D eigenvalue weighted by molar-refractivity contribution is 5.73. The Morgan fingerprint density at radius 2 is 1.88 bits per heavy atom. The van der Waals surface area contributed by atoms with Crippen LogP contribution in [0.15, 0.2) is 36.8 Å². The van der Waals surface area contributed by atoms with Crippen molar-refractivity contribution in [2.45, 2.75) is 0 Å². The topological polar surface area (TPSA) is 44.2 Å². The third kappa shape index (κ3) is 1.82. The Morgan fingerprint density at radius 1 is 1.00 bits per heavy atom. The van der Waals surface area contributed by atoms with E-state index in [0.29, 0.717) is 5.88 Å². The van der Waals surface area contributed by atoms with Gasteiger partial charge in [0, 0.05) is 29.7 Å². The summed E-state index contributed by atoms with van der Waals surface area (Å²) in [4.78, 5) is 8.23. The molecule has 0 aliphatic rings. The second-order valence-electron chi connectivity index (χ2n) is 3.14. The van der Waals surface area contributed by atoms with Gasteiger partial charge < -0.3 is 9.47 Å². The van der Waals surface area contributed by atoms with Gasteiger partial charge in [0.05, 0.1) is 14.2 Å². The fraction of sp³-hybridized carbons (Fsp3) is 0.167. The van der Waals surface area contributed by atoms with Gasteiger partial charge in [-0.15, -0.1) is 0 Å². The minimum atomic E-state index is 0.564. The number of ether oxygens (including phenoxy) is 2. The summed E-state index contributed by atoms with van der Waals surface area (Å²) in [6.07, 6.45) is 5.11. The second kappa shape index (κ2) is 4.61. The lowest BCUT2D eigenvalue weighted by atomic mass is 10.1. The molecular formula is C12H12N2O2. The maximum atomic E-state index is 5.28. The Balaban J connectivity index is 2.58. The van der Waals surface area contributed by atoms with E-state index in [-0.39, 0.29) is 0 Å². The van der Waals surface area contributed by atoms with Gasteiger partial charge in [0.15, 0.2) is 0 Å². The van der Waals surface area contributed by atoms with Gasteiger partial charge in [-0.2, -0.15) is 0 Å². The lowest BCUT2D eigenvalue weighted by Gasteiger charge is -2.10. The van der Waals surface area contributed by atoms with Gasteiger partial charge in [-0.1, -0.05) is 0 Å². The molecule has 0 fully saturated rings. The number of nitrogens with zero attached hydrogens (tertiary/aromatic N) is 2. The summed E-state index contributed by atoms with van der Waals surface area (Å²) in [5, 5.41) is 0. The molecule has 4 heteroatoms. The number of rotatable bonds is 3. The minimum Gasteiger partial charge on any atom is -0.496 e. The highest BCUT2D eigenvalue weighted by atomic mass is 16.5. The summed E-state index contributed by atoms with van der Waals surface area (Å²) in [5.41, 5.74) is 1.74. The van der Waals surface area contributed by atoms with E-state index in [1.165, 1.54) is 0 Å². The molecule has 0 unspecified atom stereocenters. The molecule has 2 aromatic heterocycles. The van der Waals surface area contributed by atoms with E-state index in [2.05, 4.69) is 9.97 Å². The standard InChI is InChI=1S/C12H12N2O2/c1-15-11-5-7-13-8-10(11)9-4-3-6-14-12(9)16-2/h3-8H,1-2H3. The molecule has 0 radical (unpaired) electrons. The van der Waals surface area contributed by atoms with Crippen molar-refractivity contribution < 1.29 is 9.47 Å². The molecule has 2 heterocycles. The van der Waals surface area contributed by atoms with Crippen LogP contribution in [0.3, 0.4) is 0 Å². The zero-order valence-corrected chi connectivity index (χ0v) is 9.18. The van der Waals surface area contributed by atoms with Crippen molar-refractivity contribution in [3.8, 4) is 22.8 Å². The molecule has 0 atom stereocenters. The highest BCUT2D eigenvalue weighted by Gasteiger charge is 2.10. The molecule has 16 heavy (non-hydrogen) atoms. The lowest BCUT2D eigenvalue weighted by Crippen LogP contribution is -1.94. The molecule has 0 aromatic carbocycles. The molecule has 0 aliphatic heterocycles. The minimum absolute atomic E-state index is 0.564. The fourth-order valence-electron chi connectivity index (χ4n) is 1.52. The molecule has 0 N–H and O–H groups in total. The van der Waals surface area contributed by atoms with Crippen LogP contribution < -0.4 is 9.47 Å². The highest BCUT2D eigenvalue weighted by Crippen LogP contribution is 2.33. The fourth-order valence-corrected chi connectivity index (χ4v) is 1.52. The Labute approximate surface area is 93.9 Å². The van der Waals surface area contributed by atoms with Crippen molar-refractivity contribution >= 4 is 0 Å². The Morgan fingerprint density at radius 3 is 2.62 bits per heavy atom. The Hall–Kier alpha value is -2.10. The third-order valence-electron chi connectivity index (χ3n) is 2.26. The van der Waals surface area contributed by atoms with E-state index in [4.69, 9.17) is 9.47 Å². The zero-order chi connectivity index (χ0) is 11.4. The summed E-state index contributed by atoms with van der Waals surface area (Å²) >= 11 is 0. The summed E-state index contributed by atoms with van der Waals surface area (Å²) in [6.45, 7) is 0. The first-order chi connectivity index (χ1) is 7.86. The van der Waals surface area contributed by atoms with Crippen LogP contribution in [-0.2, 0) is 0 Å². The molecule has 0 spiro atoms. The monoisotopic (exact) mass is 216 g/mol. The second-order valence-corrected chi connectivity index (χ2v) is 3.14. The Kier molecular flexibility index (Phi) is 3.00. The third-order valence-corrected chi connectivity index (χ3v) is 2.26. The van der Waals surface area contributed by atoms with E-state index in [0.717, 1.165) is 16.9 Å². The molecule has 0 bridgehead atoms. The van der Waals surface area contributed by atoms with Gasteiger partial charge in [-0.05, 0) is 18.2 Å². The van der Waals surface area contributed by atoms with Crippen LogP contribution in [0.2, 0.25) is 0 Å². The molecule has 2 rings (SSSR count). The molecule has 0 saturated carbocycles. The maximum Gasteiger partial charge on any atom is 0.221 e. The van der Waals surface area contributed by atoms with Crippen molar-refractivity contribution in [2.75, 3.05) is 14.2 Å².